The number of rotatable bonds is 5. The predicted octanol–water partition coefficient (Wildman–Crippen LogP) is 3.65. The van der Waals surface area contributed by atoms with Gasteiger partial charge in [-0.3, -0.25) is 0 Å². The molecular weight excluding hydrogens is 224 g/mol. The molecule has 0 atom stereocenters. The van der Waals surface area contributed by atoms with Crippen LogP contribution in [0.5, 0.6) is 0 Å². The van der Waals surface area contributed by atoms with Crippen molar-refractivity contribution in [3.05, 3.63) is 29.3 Å². The van der Waals surface area contributed by atoms with Gasteiger partial charge in [0.2, 0.25) is 0 Å². The average molecular weight is 241 g/mol. The standard InChI is InChI=1S/C12H17ClN2O/c1-2-3-6-9-14-12(16)15-11-8-5-4-7-10(11)13/h4-5,7-8H,2-3,6,9H2,1H3,(H2,14,15,16). The van der Waals surface area contributed by atoms with Crippen LogP contribution in [0.25, 0.3) is 0 Å². The monoisotopic (exact) mass is 240 g/mol. The lowest BCUT2D eigenvalue weighted by Crippen LogP contribution is -2.29. The van der Waals surface area contributed by atoms with E-state index in [4.69, 9.17) is 11.6 Å². The van der Waals surface area contributed by atoms with Crippen molar-refractivity contribution in [2.75, 3.05) is 11.9 Å². The molecule has 1 aromatic rings. The lowest BCUT2D eigenvalue weighted by Gasteiger charge is -2.08. The number of halogens is 1. The highest BCUT2D eigenvalue weighted by Crippen LogP contribution is 2.19. The summed E-state index contributed by atoms with van der Waals surface area (Å²) >= 11 is 5.91. The lowest BCUT2D eigenvalue weighted by atomic mass is 10.2. The number of carbonyl (C=O) groups excluding carboxylic acids is 1. The molecule has 0 bridgehead atoms. The van der Waals surface area contributed by atoms with Gasteiger partial charge in [-0.1, -0.05) is 43.5 Å². The van der Waals surface area contributed by atoms with Gasteiger partial charge in [-0.15, -0.1) is 0 Å². The number of hydrogen-bond acceptors (Lipinski definition) is 1. The van der Waals surface area contributed by atoms with Crippen molar-refractivity contribution in [2.45, 2.75) is 26.2 Å². The van der Waals surface area contributed by atoms with Gasteiger partial charge < -0.3 is 10.6 Å². The Morgan fingerprint density at radius 3 is 2.75 bits per heavy atom. The molecule has 0 unspecified atom stereocenters. The smallest absolute Gasteiger partial charge is 0.319 e. The molecule has 16 heavy (non-hydrogen) atoms. The summed E-state index contributed by atoms with van der Waals surface area (Å²) in [6.07, 6.45) is 3.28. The van der Waals surface area contributed by atoms with Crippen LogP contribution in [-0.2, 0) is 0 Å². The predicted molar refractivity (Wildman–Crippen MR) is 68.0 cm³/mol. The second-order valence-electron chi connectivity index (χ2n) is 3.57. The first-order chi connectivity index (χ1) is 7.74. The van der Waals surface area contributed by atoms with E-state index in [1.807, 2.05) is 12.1 Å². The Bertz CT molecular complexity index is 342. The van der Waals surface area contributed by atoms with Gasteiger partial charge >= 0.3 is 6.03 Å². The van der Waals surface area contributed by atoms with Gasteiger partial charge in [-0.05, 0) is 18.6 Å². The summed E-state index contributed by atoms with van der Waals surface area (Å²) in [6.45, 7) is 2.83. The second kappa shape index (κ2) is 7.12. The SMILES string of the molecule is CCCCCNC(=O)Nc1ccccc1Cl. The lowest BCUT2D eigenvalue weighted by molar-refractivity contribution is 0.252. The molecule has 0 aromatic heterocycles. The third kappa shape index (κ3) is 4.53. The number of hydrogen-bond donors (Lipinski definition) is 2. The maximum absolute atomic E-state index is 11.4. The Morgan fingerprint density at radius 1 is 1.31 bits per heavy atom. The van der Waals surface area contributed by atoms with Crippen LogP contribution in [-0.4, -0.2) is 12.6 Å². The van der Waals surface area contributed by atoms with E-state index in [0.717, 1.165) is 19.3 Å². The van der Waals surface area contributed by atoms with Crippen molar-refractivity contribution >= 4 is 23.3 Å². The minimum Gasteiger partial charge on any atom is -0.338 e. The minimum absolute atomic E-state index is 0.204. The van der Waals surface area contributed by atoms with Crippen molar-refractivity contribution in [3.63, 3.8) is 0 Å². The average Bonchev–Trinajstić information content (AvgIpc) is 2.28. The van der Waals surface area contributed by atoms with E-state index in [-0.39, 0.29) is 6.03 Å². The van der Waals surface area contributed by atoms with Crippen molar-refractivity contribution < 1.29 is 4.79 Å². The minimum atomic E-state index is -0.204. The molecule has 2 N–H and O–H groups in total. The van der Waals surface area contributed by atoms with Crippen LogP contribution in [0.4, 0.5) is 10.5 Å². The molecule has 0 aliphatic rings. The summed E-state index contributed by atoms with van der Waals surface area (Å²) < 4.78 is 0. The Labute approximate surface area is 101 Å². The van der Waals surface area contributed by atoms with Crippen LogP contribution >= 0.6 is 11.6 Å². The highest BCUT2D eigenvalue weighted by Gasteiger charge is 2.03. The Morgan fingerprint density at radius 2 is 2.06 bits per heavy atom. The first-order valence-corrected chi connectivity index (χ1v) is 5.91. The van der Waals surface area contributed by atoms with Gasteiger partial charge in [0, 0.05) is 6.54 Å². The topological polar surface area (TPSA) is 41.1 Å². The number of urea groups is 1. The van der Waals surface area contributed by atoms with E-state index in [9.17, 15) is 4.79 Å². The van der Waals surface area contributed by atoms with Crippen LogP contribution in [0.3, 0.4) is 0 Å². The molecule has 88 valence electrons. The normalized spacial score (nSPS) is 9.88. The maximum atomic E-state index is 11.4. The molecule has 0 aliphatic heterocycles. The molecule has 0 heterocycles. The van der Waals surface area contributed by atoms with Gasteiger partial charge in [-0.25, -0.2) is 4.79 Å². The van der Waals surface area contributed by atoms with E-state index in [2.05, 4.69) is 17.6 Å². The maximum Gasteiger partial charge on any atom is 0.319 e. The highest BCUT2D eigenvalue weighted by atomic mass is 35.5. The third-order valence-electron chi connectivity index (χ3n) is 2.19. The second-order valence-corrected chi connectivity index (χ2v) is 3.98. The van der Waals surface area contributed by atoms with Crippen molar-refractivity contribution in [1.82, 2.24) is 5.32 Å². The molecule has 0 fully saturated rings. The summed E-state index contributed by atoms with van der Waals surface area (Å²) in [5, 5.41) is 6.04. The van der Waals surface area contributed by atoms with Gasteiger partial charge in [0.25, 0.3) is 0 Å². The van der Waals surface area contributed by atoms with Gasteiger partial charge in [0.15, 0.2) is 0 Å². The third-order valence-corrected chi connectivity index (χ3v) is 2.52. The number of benzene rings is 1. The Balaban J connectivity index is 2.32. The number of anilines is 1. The van der Waals surface area contributed by atoms with Crippen molar-refractivity contribution in [1.29, 1.82) is 0 Å². The zero-order valence-electron chi connectivity index (χ0n) is 9.42. The first-order valence-electron chi connectivity index (χ1n) is 5.53. The van der Waals surface area contributed by atoms with Crippen LogP contribution in [0.1, 0.15) is 26.2 Å². The zero-order valence-corrected chi connectivity index (χ0v) is 10.2. The van der Waals surface area contributed by atoms with E-state index < -0.39 is 0 Å². The number of unbranched alkanes of at least 4 members (excludes halogenated alkanes) is 2. The van der Waals surface area contributed by atoms with Gasteiger partial charge in [0.05, 0.1) is 10.7 Å². The fraction of sp³-hybridized carbons (Fsp3) is 0.417. The molecule has 0 spiro atoms. The van der Waals surface area contributed by atoms with Gasteiger partial charge in [-0.2, -0.15) is 0 Å². The summed E-state index contributed by atoms with van der Waals surface area (Å²) in [4.78, 5) is 11.4. The quantitative estimate of drug-likeness (QED) is 0.758. The molecule has 0 radical (unpaired) electrons. The Kier molecular flexibility index (Phi) is 5.72. The van der Waals surface area contributed by atoms with E-state index in [0.29, 0.717) is 17.3 Å². The first kappa shape index (κ1) is 12.8. The highest BCUT2D eigenvalue weighted by molar-refractivity contribution is 6.33. The molecule has 3 nitrogen and oxygen atoms in total. The van der Waals surface area contributed by atoms with E-state index in [1.165, 1.54) is 0 Å². The Hall–Kier alpha value is -1.22. The molecule has 4 heteroatoms. The molecule has 0 saturated carbocycles. The van der Waals surface area contributed by atoms with Crippen LogP contribution in [0.15, 0.2) is 24.3 Å². The summed E-state index contributed by atoms with van der Waals surface area (Å²) in [7, 11) is 0. The van der Waals surface area contributed by atoms with Crippen molar-refractivity contribution in [2.24, 2.45) is 0 Å². The molecule has 0 saturated heterocycles. The number of carbonyl (C=O) groups is 1. The molecule has 1 aromatic carbocycles. The van der Waals surface area contributed by atoms with E-state index in [1.54, 1.807) is 12.1 Å². The van der Waals surface area contributed by atoms with Crippen molar-refractivity contribution in [3.8, 4) is 0 Å². The molecule has 1 rings (SSSR count). The molecule has 0 aliphatic carbocycles. The van der Waals surface area contributed by atoms with Gasteiger partial charge in [0.1, 0.15) is 0 Å². The summed E-state index contributed by atoms with van der Waals surface area (Å²) in [6, 6.07) is 6.97. The largest absolute Gasteiger partial charge is 0.338 e. The number of nitrogens with one attached hydrogen (secondary N) is 2. The fourth-order valence-electron chi connectivity index (χ4n) is 1.31. The molecule has 2 amide bonds. The zero-order chi connectivity index (χ0) is 11.8. The van der Waals surface area contributed by atoms with E-state index >= 15 is 0 Å². The molecular formula is C12H17ClN2O. The fourth-order valence-corrected chi connectivity index (χ4v) is 1.49. The summed E-state index contributed by atoms with van der Waals surface area (Å²) in [5.74, 6) is 0. The van der Waals surface area contributed by atoms with Crippen LogP contribution in [0.2, 0.25) is 5.02 Å². The number of amides is 2. The van der Waals surface area contributed by atoms with Crippen LogP contribution in [0, 0.1) is 0 Å². The van der Waals surface area contributed by atoms with Crippen LogP contribution < -0.4 is 10.6 Å². The number of para-hydroxylation sites is 1. The summed E-state index contributed by atoms with van der Waals surface area (Å²) in [5.41, 5.74) is 0.636.